The number of nitrogens with zero attached hydrogens (tertiary/aromatic N) is 2. The van der Waals surface area contributed by atoms with Crippen molar-refractivity contribution in [1.82, 2.24) is 10.1 Å². The third-order valence-electron chi connectivity index (χ3n) is 2.16. The largest absolute Gasteiger partial charge is 0.338 e. The SMILES string of the molecule is CCCCC(N)c1nc(C(C)C)no1. The highest BCUT2D eigenvalue weighted by molar-refractivity contribution is 4.95. The molecule has 0 aliphatic carbocycles. The minimum Gasteiger partial charge on any atom is -0.338 e. The van der Waals surface area contributed by atoms with Crippen LogP contribution in [0.3, 0.4) is 0 Å². The molecule has 4 nitrogen and oxygen atoms in total. The van der Waals surface area contributed by atoms with Gasteiger partial charge in [0.1, 0.15) is 0 Å². The van der Waals surface area contributed by atoms with Crippen molar-refractivity contribution in [2.75, 3.05) is 0 Å². The molecule has 14 heavy (non-hydrogen) atoms. The third-order valence-corrected chi connectivity index (χ3v) is 2.16. The third kappa shape index (κ3) is 2.80. The van der Waals surface area contributed by atoms with Crippen molar-refractivity contribution in [1.29, 1.82) is 0 Å². The van der Waals surface area contributed by atoms with Crippen LogP contribution in [0.5, 0.6) is 0 Å². The van der Waals surface area contributed by atoms with Crippen LogP contribution in [0.2, 0.25) is 0 Å². The summed E-state index contributed by atoms with van der Waals surface area (Å²) in [7, 11) is 0. The maximum atomic E-state index is 5.90. The lowest BCUT2D eigenvalue weighted by Gasteiger charge is -2.03. The summed E-state index contributed by atoms with van der Waals surface area (Å²) < 4.78 is 5.10. The molecule has 0 fully saturated rings. The zero-order chi connectivity index (χ0) is 10.6. The molecule has 1 unspecified atom stereocenters. The van der Waals surface area contributed by atoms with Gasteiger partial charge in [-0.3, -0.25) is 0 Å². The molecule has 2 N–H and O–H groups in total. The molecule has 0 amide bonds. The molecule has 1 heterocycles. The molecule has 0 bridgehead atoms. The molecule has 0 saturated heterocycles. The Morgan fingerprint density at radius 3 is 2.64 bits per heavy atom. The first-order chi connectivity index (χ1) is 6.65. The number of nitrogens with two attached hydrogens (primary N) is 1. The van der Waals surface area contributed by atoms with Crippen LogP contribution in [0.25, 0.3) is 0 Å². The summed E-state index contributed by atoms with van der Waals surface area (Å²) in [5.41, 5.74) is 5.90. The Labute approximate surface area is 84.9 Å². The molecule has 0 saturated carbocycles. The maximum Gasteiger partial charge on any atom is 0.243 e. The van der Waals surface area contributed by atoms with Crippen LogP contribution in [-0.2, 0) is 0 Å². The summed E-state index contributed by atoms with van der Waals surface area (Å²) in [5.74, 6) is 1.61. The van der Waals surface area contributed by atoms with Crippen LogP contribution in [-0.4, -0.2) is 10.1 Å². The Morgan fingerprint density at radius 1 is 1.43 bits per heavy atom. The molecule has 0 aliphatic heterocycles. The first-order valence-corrected chi connectivity index (χ1v) is 5.24. The van der Waals surface area contributed by atoms with Crippen molar-refractivity contribution in [2.45, 2.75) is 52.0 Å². The minimum atomic E-state index is -0.102. The fourth-order valence-corrected chi connectivity index (χ4v) is 1.18. The van der Waals surface area contributed by atoms with E-state index in [1.807, 2.05) is 13.8 Å². The Bertz CT molecular complexity index is 270. The monoisotopic (exact) mass is 197 g/mol. The molecule has 80 valence electrons. The number of hydrogen-bond acceptors (Lipinski definition) is 4. The van der Waals surface area contributed by atoms with Crippen LogP contribution in [0.1, 0.15) is 63.7 Å². The lowest BCUT2D eigenvalue weighted by atomic mass is 10.1. The molecule has 1 rings (SSSR count). The molecule has 1 atom stereocenters. The molecular weight excluding hydrogens is 178 g/mol. The summed E-state index contributed by atoms with van der Waals surface area (Å²) in [4.78, 5) is 4.26. The summed E-state index contributed by atoms with van der Waals surface area (Å²) in [6, 6.07) is -0.102. The van der Waals surface area contributed by atoms with Crippen LogP contribution in [0.15, 0.2) is 4.52 Å². The van der Waals surface area contributed by atoms with Crippen LogP contribution < -0.4 is 5.73 Å². The highest BCUT2D eigenvalue weighted by Gasteiger charge is 2.15. The van der Waals surface area contributed by atoms with Crippen molar-refractivity contribution in [3.8, 4) is 0 Å². The Hall–Kier alpha value is -0.900. The van der Waals surface area contributed by atoms with Crippen molar-refractivity contribution < 1.29 is 4.52 Å². The molecule has 1 aromatic rings. The first-order valence-electron chi connectivity index (χ1n) is 5.24. The van der Waals surface area contributed by atoms with Gasteiger partial charge in [-0.05, 0) is 6.42 Å². The fraction of sp³-hybridized carbons (Fsp3) is 0.800. The van der Waals surface area contributed by atoms with Gasteiger partial charge in [-0.25, -0.2) is 0 Å². The van der Waals surface area contributed by atoms with E-state index in [1.54, 1.807) is 0 Å². The van der Waals surface area contributed by atoms with E-state index in [1.165, 1.54) is 0 Å². The first kappa shape index (κ1) is 11.2. The zero-order valence-corrected chi connectivity index (χ0v) is 9.16. The summed E-state index contributed by atoms with van der Waals surface area (Å²) >= 11 is 0. The average molecular weight is 197 g/mol. The van der Waals surface area contributed by atoms with E-state index in [2.05, 4.69) is 17.1 Å². The summed E-state index contributed by atoms with van der Waals surface area (Å²) in [6.07, 6.45) is 3.15. The number of aromatic nitrogens is 2. The number of hydrogen-bond donors (Lipinski definition) is 1. The van der Waals surface area contributed by atoms with Gasteiger partial charge < -0.3 is 10.3 Å². The Balaban J connectivity index is 2.57. The standard InChI is InChI=1S/C10H19N3O/c1-4-5-6-8(11)10-12-9(7(2)3)13-14-10/h7-8H,4-6,11H2,1-3H3. The smallest absolute Gasteiger partial charge is 0.243 e. The molecule has 0 aromatic carbocycles. The highest BCUT2D eigenvalue weighted by atomic mass is 16.5. The lowest BCUT2D eigenvalue weighted by Crippen LogP contribution is -2.10. The Morgan fingerprint density at radius 2 is 2.14 bits per heavy atom. The topological polar surface area (TPSA) is 64.9 Å². The van der Waals surface area contributed by atoms with Crippen LogP contribution in [0, 0.1) is 0 Å². The zero-order valence-electron chi connectivity index (χ0n) is 9.16. The van der Waals surface area contributed by atoms with Crippen molar-refractivity contribution >= 4 is 0 Å². The molecule has 0 aliphatic rings. The van der Waals surface area contributed by atoms with Gasteiger partial charge in [0.25, 0.3) is 0 Å². The van der Waals surface area contributed by atoms with E-state index in [4.69, 9.17) is 10.3 Å². The minimum absolute atomic E-state index is 0.102. The van der Waals surface area contributed by atoms with E-state index in [0.29, 0.717) is 11.8 Å². The van der Waals surface area contributed by atoms with Gasteiger partial charge in [0.05, 0.1) is 6.04 Å². The van der Waals surface area contributed by atoms with Crippen molar-refractivity contribution in [3.63, 3.8) is 0 Å². The van der Waals surface area contributed by atoms with E-state index in [9.17, 15) is 0 Å². The van der Waals surface area contributed by atoms with Crippen molar-refractivity contribution in [2.24, 2.45) is 5.73 Å². The van der Waals surface area contributed by atoms with Gasteiger partial charge in [-0.1, -0.05) is 38.8 Å². The Kier molecular flexibility index (Phi) is 4.07. The van der Waals surface area contributed by atoms with Crippen LogP contribution in [0.4, 0.5) is 0 Å². The highest BCUT2D eigenvalue weighted by Crippen LogP contribution is 2.17. The second-order valence-electron chi connectivity index (χ2n) is 3.89. The molecule has 0 radical (unpaired) electrons. The molecule has 4 heteroatoms. The molecule has 0 spiro atoms. The van der Waals surface area contributed by atoms with E-state index in [-0.39, 0.29) is 6.04 Å². The van der Waals surface area contributed by atoms with Gasteiger partial charge in [-0.15, -0.1) is 0 Å². The number of unbranched alkanes of at least 4 members (excludes halogenated alkanes) is 1. The van der Waals surface area contributed by atoms with Gasteiger partial charge in [0, 0.05) is 5.92 Å². The second-order valence-corrected chi connectivity index (χ2v) is 3.89. The lowest BCUT2D eigenvalue weighted by molar-refractivity contribution is 0.341. The van der Waals surface area contributed by atoms with E-state index < -0.39 is 0 Å². The summed E-state index contributed by atoms with van der Waals surface area (Å²) in [6.45, 7) is 6.21. The maximum absolute atomic E-state index is 5.90. The van der Waals surface area contributed by atoms with Crippen LogP contribution >= 0.6 is 0 Å². The van der Waals surface area contributed by atoms with Gasteiger partial charge in [-0.2, -0.15) is 4.98 Å². The summed E-state index contributed by atoms with van der Waals surface area (Å²) in [5, 5.41) is 3.88. The van der Waals surface area contributed by atoms with Crippen molar-refractivity contribution in [3.05, 3.63) is 11.7 Å². The molecule has 1 aromatic heterocycles. The average Bonchev–Trinajstić information content (AvgIpc) is 2.62. The van der Waals surface area contributed by atoms with Gasteiger partial charge >= 0.3 is 0 Å². The number of rotatable bonds is 5. The van der Waals surface area contributed by atoms with Gasteiger partial charge in [0.2, 0.25) is 5.89 Å². The second kappa shape index (κ2) is 5.10. The normalized spacial score (nSPS) is 13.5. The predicted molar refractivity (Wildman–Crippen MR) is 54.8 cm³/mol. The van der Waals surface area contributed by atoms with E-state index >= 15 is 0 Å². The fourth-order valence-electron chi connectivity index (χ4n) is 1.18. The molecular formula is C10H19N3O. The predicted octanol–water partition coefficient (Wildman–Crippen LogP) is 2.38. The van der Waals surface area contributed by atoms with Gasteiger partial charge in [0.15, 0.2) is 5.82 Å². The quantitative estimate of drug-likeness (QED) is 0.787. The van der Waals surface area contributed by atoms with E-state index in [0.717, 1.165) is 25.1 Å².